The van der Waals surface area contributed by atoms with Crippen molar-refractivity contribution in [2.24, 2.45) is 0 Å². The van der Waals surface area contributed by atoms with Crippen LogP contribution >= 0.6 is 34.0 Å². The lowest BCUT2D eigenvalue weighted by molar-refractivity contribution is 0.0503. The van der Waals surface area contributed by atoms with Gasteiger partial charge in [0.1, 0.15) is 57.1 Å². The maximum absolute atomic E-state index is 12.4. The summed E-state index contributed by atoms with van der Waals surface area (Å²) in [5, 5.41) is 51.3. The molecule has 0 aromatic carbocycles. The Labute approximate surface area is 599 Å². The third-order valence-electron chi connectivity index (χ3n) is 14.4. The van der Waals surface area contributed by atoms with Crippen LogP contribution in [0.3, 0.4) is 0 Å². The fraction of sp³-hybridized carbons (Fsp3) is 0.379. The summed E-state index contributed by atoms with van der Waals surface area (Å²) in [6.07, 6.45) is 14.1. The second-order valence-corrected chi connectivity index (χ2v) is 42.5. The van der Waals surface area contributed by atoms with Gasteiger partial charge in [0, 0.05) is 49.7 Å². The first kappa shape index (κ1) is 73.8. The first-order chi connectivity index (χ1) is 47.8. The zero-order chi connectivity index (χ0) is 72.4. The molecule has 3 N–H and O–H groups in total. The second kappa shape index (κ2) is 31.7. The lowest BCUT2D eigenvalue weighted by Gasteiger charge is -2.22. The Bertz CT molecular complexity index is 4770. The first-order valence-corrected chi connectivity index (χ1v) is 42.2. The third kappa shape index (κ3) is 21.1. The molecule has 0 spiro atoms. The number of aryl methyl sites for hydroxylation is 3. The van der Waals surface area contributed by atoms with Gasteiger partial charge in [0.15, 0.2) is 0 Å². The van der Waals surface area contributed by atoms with Gasteiger partial charge in [-0.05, 0) is 129 Å². The lowest BCUT2D eigenvalue weighted by Crippen LogP contribution is -2.27. The van der Waals surface area contributed by atoms with Crippen molar-refractivity contribution >= 4 is 162 Å². The maximum atomic E-state index is 12.4. The number of hydrogen-bond acceptors (Lipinski definition) is 30. The number of carbonyl (C=O) groups is 2. The van der Waals surface area contributed by atoms with Crippen LogP contribution in [0.5, 0.6) is 0 Å². The van der Waals surface area contributed by atoms with E-state index in [1.807, 2.05) is 163 Å². The third-order valence-corrected chi connectivity index (χ3v) is 20.3. The molecule has 0 bridgehead atoms. The summed E-state index contributed by atoms with van der Waals surface area (Å²) in [6.45, 7) is 32.6. The van der Waals surface area contributed by atoms with E-state index in [0.29, 0.717) is 72.2 Å². The molecule has 12 rings (SSSR count). The van der Waals surface area contributed by atoms with Crippen LogP contribution in [0.15, 0.2) is 110 Å². The quantitative estimate of drug-likeness (QED) is 0.0322. The molecule has 0 saturated carbocycles. The van der Waals surface area contributed by atoms with E-state index in [0.717, 1.165) is 86.3 Å². The molecular weight excluding hydrogens is 1380 g/mol. The zero-order valence-electron chi connectivity index (χ0n) is 59.7. The van der Waals surface area contributed by atoms with Crippen LogP contribution in [0.2, 0.25) is 51.4 Å². The van der Waals surface area contributed by atoms with Crippen molar-refractivity contribution in [1.82, 2.24) is 90.3 Å². The minimum Gasteiger partial charge on any atom is -0.442 e. The summed E-state index contributed by atoms with van der Waals surface area (Å²) in [7, 11) is 1.42. The fourth-order valence-electron chi connectivity index (χ4n) is 9.12. The summed E-state index contributed by atoms with van der Waals surface area (Å²) in [5.41, 5.74) is 8.04. The molecule has 0 unspecified atom stereocenters. The van der Waals surface area contributed by atoms with Crippen LogP contribution in [0, 0.1) is 20.8 Å². The van der Waals surface area contributed by atoms with Gasteiger partial charge in [-0.2, -0.15) is 24.7 Å². The Balaban J connectivity index is 0.000000168. The van der Waals surface area contributed by atoms with E-state index in [1.165, 1.54) is 38.7 Å². The van der Waals surface area contributed by atoms with Gasteiger partial charge in [0.25, 0.3) is 0 Å². The van der Waals surface area contributed by atoms with Crippen LogP contribution in [0.1, 0.15) is 56.6 Å². The van der Waals surface area contributed by atoms with Gasteiger partial charge in [-0.1, -0.05) is 73.3 Å². The summed E-state index contributed by atoms with van der Waals surface area (Å²) in [4.78, 5) is 60.4. The SMILES string of the molecule is Cc1nnc(N(COCC[Si](C)(C)C)c2ccc3ncc(N(C)c4cnn(C(=O)OC(C)(C)C)c4)cc3n2)s1.Cc1nnc(N(COCC[Si](C)(C)C)c2ccc3ncc(Nc4cnn(C(=O)OC(C)(C)C)c4)cc3n2)s1.Cc1nnc(Nc2ccc3ncc(N(C)c4cn[nH]c4)cc3n2)s1. The van der Waals surface area contributed by atoms with Crippen LogP contribution in [-0.2, 0) is 18.9 Å². The molecule has 12 aromatic heterocycles. The molecule has 530 valence electrons. The highest BCUT2D eigenvalue weighted by atomic mass is 32.1. The molecule has 35 heteroatoms. The van der Waals surface area contributed by atoms with Crippen LogP contribution in [-0.4, -0.2) is 171 Å². The normalized spacial score (nSPS) is 11.8. The Morgan fingerprint density at radius 3 is 1.50 bits per heavy atom. The first-order valence-electron chi connectivity index (χ1n) is 32.3. The predicted octanol–water partition coefficient (Wildman–Crippen LogP) is 15.0. The summed E-state index contributed by atoms with van der Waals surface area (Å²) in [6, 6.07) is 19.5. The topological polar surface area (TPSA) is 327 Å². The molecule has 30 nitrogen and oxygen atoms in total. The van der Waals surface area contributed by atoms with E-state index < -0.39 is 39.5 Å². The highest BCUT2D eigenvalue weighted by molar-refractivity contribution is 7.15. The number of ether oxygens (including phenoxy) is 4. The standard InChI is InChI=1S/C26H36N8O3SSi.C25H34N8O3SSi.C15H14N8S/c1-18-30-31-24(38-18)33(17-36-11-12-39(6,7)8)23-10-9-21-22(29-23)13-19(14-27-21)32(5)20-15-28-34(16-20)25(35)37-26(2,3)4;1-17-30-31-23(37-17)32(16-35-10-11-38(5,6)7)22-9-8-20-21(29-22)12-18(13-26-20)28-19-14-27-33(15-19)24(34)36-25(2,3)4;1-9-21-22-15(24-9)20-14-4-3-12-13(19-14)5-10(6-16-12)23(2)11-7-17-18-8-11/h9-10,13-16H,11-12,17H2,1-8H3;8-9,12-15,28H,10-11,16H2,1-7H3;3-8H,1-2H3,(H,17,18)(H,19,20,22). The number of aromatic nitrogens is 18. The highest BCUT2D eigenvalue weighted by Crippen LogP contribution is 2.34. The van der Waals surface area contributed by atoms with E-state index in [2.05, 4.69) is 121 Å². The molecule has 0 amide bonds. The van der Waals surface area contributed by atoms with Gasteiger partial charge >= 0.3 is 12.2 Å². The van der Waals surface area contributed by atoms with Gasteiger partial charge < -0.3 is 39.4 Å². The number of H-pyrrole nitrogens is 1. The summed E-state index contributed by atoms with van der Waals surface area (Å²) in [5.74, 6) is 2.10. The average Bonchev–Trinajstić information content (AvgIpc) is 1.55. The Kier molecular flexibility index (Phi) is 23.2. The molecule has 0 atom stereocenters. The van der Waals surface area contributed by atoms with Crippen molar-refractivity contribution in [1.29, 1.82) is 0 Å². The van der Waals surface area contributed by atoms with E-state index >= 15 is 0 Å². The molecule has 0 aliphatic carbocycles. The Hall–Kier alpha value is -9.92. The van der Waals surface area contributed by atoms with Crippen LogP contribution in [0.4, 0.5) is 76.6 Å². The minimum atomic E-state index is -1.21. The molecule has 12 aromatic rings. The second-order valence-electron chi connectivity index (χ2n) is 27.7. The predicted molar refractivity (Wildman–Crippen MR) is 404 cm³/mol. The largest absolute Gasteiger partial charge is 0.442 e. The van der Waals surface area contributed by atoms with Crippen molar-refractivity contribution < 1.29 is 28.5 Å². The molecule has 101 heavy (non-hydrogen) atoms. The molecule has 0 aliphatic heterocycles. The zero-order valence-corrected chi connectivity index (χ0v) is 64.2. The van der Waals surface area contributed by atoms with E-state index in [9.17, 15) is 9.59 Å². The minimum absolute atomic E-state index is 0.326. The number of hydrogen-bond donors (Lipinski definition) is 3. The van der Waals surface area contributed by atoms with E-state index in [4.69, 9.17) is 28.9 Å². The number of nitrogens with zero attached hydrogens (tertiary/aromatic N) is 21. The lowest BCUT2D eigenvalue weighted by atomic mass is 10.2. The van der Waals surface area contributed by atoms with Gasteiger partial charge in [0.05, 0.1) is 117 Å². The average molecular weight is 1460 g/mol. The molecule has 0 radical (unpaired) electrons. The van der Waals surface area contributed by atoms with Crippen molar-refractivity contribution in [2.45, 2.75) is 125 Å². The number of rotatable bonds is 22. The van der Waals surface area contributed by atoms with E-state index in [1.54, 1.807) is 43.4 Å². The van der Waals surface area contributed by atoms with Crippen LogP contribution < -0.4 is 30.2 Å². The molecular formula is C66H84N24O6S3Si2. The molecule has 0 aliphatic rings. The van der Waals surface area contributed by atoms with Gasteiger partial charge in [-0.15, -0.1) is 30.6 Å². The monoisotopic (exact) mass is 1460 g/mol. The number of nitrogens with one attached hydrogen (secondary N) is 3. The number of aromatic amines is 1. The Morgan fingerprint density at radius 2 is 1.00 bits per heavy atom. The van der Waals surface area contributed by atoms with Crippen LogP contribution in [0.25, 0.3) is 33.1 Å². The van der Waals surface area contributed by atoms with E-state index in [-0.39, 0.29) is 0 Å². The summed E-state index contributed by atoms with van der Waals surface area (Å²) < 4.78 is 25.2. The van der Waals surface area contributed by atoms with Gasteiger partial charge in [-0.3, -0.25) is 29.9 Å². The fourth-order valence-corrected chi connectivity index (χ4v) is 12.6. The van der Waals surface area contributed by atoms with Crippen molar-refractivity contribution in [3.05, 3.63) is 125 Å². The molecule has 12 heterocycles. The Morgan fingerprint density at radius 1 is 0.515 bits per heavy atom. The van der Waals surface area contributed by atoms with Crippen molar-refractivity contribution in [3.63, 3.8) is 0 Å². The number of fused-ring (bicyclic) bond motifs is 3. The van der Waals surface area contributed by atoms with Gasteiger partial charge in [0.2, 0.25) is 15.4 Å². The number of anilines is 12. The molecule has 0 saturated heterocycles. The summed E-state index contributed by atoms with van der Waals surface area (Å²) >= 11 is 4.47. The number of carbonyl (C=O) groups excluding carboxylic acids is 2. The van der Waals surface area contributed by atoms with Crippen molar-refractivity contribution in [3.8, 4) is 0 Å². The highest BCUT2D eigenvalue weighted by Gasteiger charge is 2.24. The van der Waals surface area contributed by atoms with Gasteiger partial charge in [-0.25, -0.2) is 24.5 Å². The smallest absolute Gasteiger partial charge is 0.435 e. The molecule has 0 fully saturated rings. The number of pyridine rings is 6. The maximum Gasteiger partial charge on any atom is 0.435 e. The van der Waals surface area contributed by atoms with Crippen molar-refractivity contribution in [2.75, 3.05) is 71.0 Å².